The highest BCUT2D eigenvalue weighted by atomic mass is 16.5. The molecular formula is C17H21NO2. The predicted octanol–water partition coefficient (Wildman–Crippen LogP) is 2.60. The Bertz CT molecular complexity index is 564. The number of rotatable bonds is 4. The summed E-state index contributed by atoms with van der Waals surface area (Å²) in [5.41, 5.74) is 1.01. The molecule has 0 bridgehead atoms. The van der Waals surface area contributed by atoms with Gasteiger partial charge in [-0.2, -0.15) is 0 Å². The van der Waals surface area contributed by atoms with E-state index in [2.05, 4.69) is 29.2 Å². The SMILES string of the molecule is OC(CCN1CCOCC1)c1ccc2ccccc2c1. The monoisotopic (exact) mass is 271 g/mol. The molecule has 3 heteroatoms. The lowest BCUT2D eigenvalue weighted by Crippen LogP contribution is -2.37. The van der Waals surface area contributed by atoms with Crippen molar-refractivity contribution in [1.82, 2.24) is 4.90 Å². The minimum atomic E-state index is -0.387. The first-order valence-electron chi connectivity index (χ1n) is 7.30. The molecule has 1 N–H and O–H groups in total. The second kappa shape index (κ2) is 6.35. The van der Waals surface area contributed by atoms with Crippen LogP contribution in [0.3, 0.4) is 0 Å². The summed E-state index contributed by atoms with van der Waals surface area (Å²) in [5.74, 6) is 0. The van der Waals surface area contributed by atoms with Gasteiger partial charge in [-0.25, -0.2) is 0 Å². The Kier molecular flexibility index (Phi) is 4.31. The van der Waals surface area contributed by atoms with Gasteiger partial charge in [0.2, 0.25) is 0 Å². The summed E-state index contributed by atoms with van der Waals surface area (Å²) >= 11 is 0. The van der Waals surface area contributed by atoms with Crippen LogP contribution in [0.5, 0.6) is 0 Å². The van der Waals surface area contributed by atoms with E-state index in [0.717, 1.165) is 44.8 Å². The number of aliphatic hydroxyl groups is 1. The number of nitrogens with zero attached hydrogens (tertiary/aromatic N) is 1. The van der Waals surface area contributed by atoms with Crippen molar-refractivity contribution in [2.24, 2.45) is 0 Å². The number of hydrogen-bond acceptors (Lipinski definition) is 3. The van der Waals surface area contributed by atoms with Gasteiger partial charge in [-0.05, 0) is 28.8 Å². The van der Waals surface area contributed by atoms with Gasteiger partial charge in [0.15, 0.2) is 0 Å². The van der Waals surface area contributed by atoms with Crippen LogP contribution in [0.1, 0.15) is 18.1 Å². The zero-order valence-electron chi connectivity index (χ0n) is 11.7. The number of hydrogen-bond donors (Lipinski definition) is 1. The van der Waals surface area contributed by atoms with Gasteiger partial charge >= 0.3 is 0 Å². The maximum absolute atomic E-state index is 10.4. The lowest BCUT2D eigenvalue weighted by atomic mass is 10.0. The normalized spacial score (nSPS) is 18.2. The number of morpholine rings is 1. The highest BCUT2D eigenvalue weighted by Crippen LogP contribution is 2.22. The molecule has 0 saturated carbocycles. The van der Waals surface area contributed by atoms with E-state index in [4.69, 9.17) is 4.74 Å². The molecule has 1 atom stereocenters. The molecule has 3 rings (SSSR count). The molecule has 1 fully saturated rings. The van der Waals surface area contributed by atoms with Crippen molar-refractivity contribution in [3.63, 3.8) is 0 Å². The first-order chi connectivity index (χ1) is 9.83. The molecule has 1 heterocycles. The molecule has 0 amide bonds. The molecule has 1 saturated heterocycles. The van der Waals surface area contributed by atoms with Crippen LogP contribution in [0.4, 0.5) is 0 Å². The van der Waals surface area contributed by atoms with Crippen LogP contribution in [0.15, 0.2) is 42.5 Å². The number of aliphatic hydroxyl groups excluding tert-OH is 1. The topological polar surface area (TPSA) is 32.7 Å². The molecule has 0 aromatic heterocycles. The fraction of sp³-hybridized carbons (Fsp3) is 0.412. The zero-order valence-corrected chi connectivity index (χ0v) is 11.7. The van der Waals surface area contributed by atoms with Crippen LogP contribution in [-0.4, -0.2) is 42.9 Å². The summed E-state index contributed by atoms with van der Waals surface area (Å²) < 4.78 is 5.34. The Labute approximate surface area is 119 Å². The first-order valence-corrected chi connectivity index (χ1v) is 7.30. The van der Waals surface area contributed by atoms with E-state index in [1.54, 1.807) is 0 Å². The quantitative estimate of drug-likeness (QED) is 0.928. The number of ether oxygens (including phenoxy) is 1. The molecule has 1 aliphatic heterocycles. The van der Waals surface area contributed by atoms with Gasteiger partial charge in [-0.1, -0.05) is 36.4 Å². The summed E-state index contributed by atoms with van der Waals surface area (Å²) in [6, 6.07) is 14.5. The summed E-state index contributed by atoms with van der Waals surface area (Å²) in [4.78, 5) is 2.35. The van der Waals surface area contributed by atoms with Gasteiger partial charge in [0, 0.05) is 19.6 Å². The van der Waals surface area contributed by atoms with E-state index in [9.17, 15) is 5.11 Å². The van der Waals surface area contributed by atoms with Crippen LogP contribution in [0.25, 0.3) is 10.8 Å². The number of benzene rings is 2. The summed E-state index contributed by atoms with van der Waals surface area (Å²) in [6.07, 6.45) is 0.390. The van der Waals surface area contributed by atoms with Crippen molar-refractivity contribution < 1.29 is 9.84 Å². The Morgan fingerprint density at radius 1 is 1.05 bits per heavy atom. The molecule has 0 radical (unpaired) electrons. The molecule has 0 aliphatic carbocycles. The third-order valence-electron chi connectivity index (χ3n) is 3.98. The standard InChI is InChI=1S/C17H21NO2/c19-17(7-8-18-9-11-20-12-10-18)16-6-5-14-3-1-2-4-15(14)13-16/h1-6,13,17,19H,7-12H2. The molecule has 20 heavy (non-hydrogen) atoms. The van der Waals surface area contributed by atoms with Crippen molar-refractivity contribution in [2.45, 2.75) is 12.5 Å². The van der Waals surface area contributed by atoms with E-state index in [0.29, 0.717) is 0 Å². The average Bonchev–Trinajstić information content (AvgIpc) is 2.53. The molecule has 2 aromatic rings. The molecule has 0 spiro atoms. The fourth-order valence-corrected chi connectivity index (χ4v) is 2.71. The van der Waals surface area contributed by atoms with Crippen LogP contribution in [-0.2, 0) is 4.74 Å². The number of fused-ring (bicyclic) bond motifs is 1. The molecular weight excluding hydrogens is 250 g/mol. The highest BCUT2D eigenvalue weighted by Gasteiger charge is 2.13. The van der Waals surface area contributed by atoms with Crippen molar-refractivity contribution in [3.05, 3.63) is 48.0 Å². The Balaban J connectivity index is 1.64. The molecule has 2 aromatic carbocycles. The molecule has 3 nitrogen and oxygen atoms in total. The fourth-order valence-electron chi connectivity index (χ4n) is 2.71. The summed E-state index contributed by atoms with van der Waals surface area (Å²) in [6.45, 7) is 4.50. The van der Waals surface area contributed by atoms with Crippen LogP contribution >= 0.6 is 0 Å². The van der Waals surface area contributed by atoms with Crippen molar-refractivity contribution in [3.8, 4) is 0 Å². The van der Waals surface area contributed by atoms with Gasteiger partial charge in [0.25, 0.3) is 0 Å². The highest BCUT2D eigenvalue weighted by molar-refractivity contribution is 5.83. The van der Waals surface area contributed by atoms with E-state index in [-0.39, 0.29) is 6.10 Å². The molecule has 1 aliphatic rings. The van der Waals surface area contributed by atoms with Gasteiger partial charge < -0.3 is 9.84 Å². The second-order valence-electron chi connectivity index (χ2n) is 5.37. The van der Waals surface area contributed by atoms with Crippen LogP contribution < -0.4 is 0 Å². The maximum atomic E-state index is 10.4. The van der Waals surface area contributed by atoms with Crippen molar-refractivity contribution >= 4 is 10.8 Å². The van der Waals surface area contributed by atoms with Crippen molar-refractivity contribution in [2.75, 3.05) is 32.8 Å². The molecule has 1 unspecified atom stereocenters. The third-order valence-corrected chi connectivity index (χ3v) is 3.98. The Morgan fingerprint density at radius 2 is 1.80 bits per heavy atom. The second-order valence-corrected chi connectivity index (χ2v) is 5.37. The summed E-state index contributed by atoms with van der Waals surface area (Å²) in [7, 11) is 0. The van der Waals surface area contributed by atoms with Crippen LogP contribution in [0.2, 0.25) is 0 Å². The van der Waals surface area contributed by atoms with E-state index in [1.807, 2.05) is 18.2 Å². The average molecular weight is 271 g/mol. The van der Waals surface area contributed by atoms with Gasteiger partial charge in [0.05, 0.1) is 19.3 Å². The third kappa shape index (κ3) is 3.18. The lowest BCUT2D eigenvalue weighted by Gasteiger charge is -2.27. The Hall–Kier alpha value is -1.42. The molecule has 106 valence electrons. The van der Waals surface area contributed by atoms with Crippen molar-refractivity contribution in [1.29, 1.82) is 0 Å². The Morgan fingerprint density at radius 3 is 2.60 bits per heavy atom. The van der Waals surface area contributed by atoms with Gasteiger partial charge in [-0.3, -0.25) is 4.90 Å². The van der Waals surface area contributed by atoms with Crippen LogP contribution in [0, 0.1) is 0 Å². The van der Waals surface area contributed by atoms with Gasteiger partial charge in [-0.15, -0.1) is 0 Å². The minimum absolute atomic E-state index is 0.387. The first kappa shape index (κ1) is 13.6. The summed E-state index contributed by atoms with van der Waals surface area (Å²) in [5, 5.41) is 12.8. The maximum Gasteiger partial charge on any atom is 0.0802 e. The zero-order chi connectivity index (χ0) is 13.8. The van der Waals surface area contributed by atoms with Gasteiger partial charge in [0.1, 0.15) is 0 Å². The lowest BCUT2D eigenvalue weighted by molar-refractivity contribution is 0.0300. The predicted molar refractivity (Wildman–Crippen MR) is 80.8 cm³/mol. The van der Waals surface area contributed by atoms with E-state index < -0.39 is 0 Å². The largest absolute Gasteiger partial charge is 0.388 e. The minimum Gasteiger partial charge on any atom is -0.388 e. The van der Waals surface area contributed by atoms with E-state index >= 15 is 0 Å². The van der Waals surface area contributed by atoms with E-state index in [1.165, 1.54) is 10.8 Å². The smallest absolute Gasteiger partial charge is 0.0802 e.